The van der Waals surface area contributed by atoms with Crippen molar-refractivity contribution in [1.82, 2.24) is 25.1 Å². The summed E-state index contributed by atoms with van der Waals surface area (Å²) in [5, 5.41) is 12.2. The molecule has 3 rings (SSSR count). The van der Waals surface area contributed by atoms with Gasteiger partial charge >= 0.3 is 0 Å². The van der Waals surface area contributed by atoms with E-state index in [2.05, 4.69) is 25.7 Å². The van der Waals surface area contributed by atoms with Crippen LogP contribution >= 0.6 is 11.3 Å². The number of nitrogens with one attached hydrogen (secondary N) is 2. The lowest BCUT2D eigenvalue weighted by molar-refractivity contribution is 0.102. The van der Waals surface area contributed by atoms with Crippen LogP contribution in [0.15, 0.2) is 10.9 Å². The average molecular weight is 292 g/mol. The van der Waals surface area contributed by atoms with E-state index in [1.54, 1.807) is 22.6 Å². The van der Waals surface area contributed by atoms with Gasteiger partial charge in [-0.3, -0.25) is 10.1 Å². The quantitative estimate of drug-likeness (QED) is 0.881. The Balaban J connectivity index is 1.73. The number of thiazole rings is 1. The van der Waals surface area contributed by atoms with Crippen LogP contribution in [-0.2, 0) is 7.05 Å². The lowest BCUT2D eigenvalue weighted by Gasteiger charge is -2.19. The molecule has 2 aromatic rings. The van der Waals surface area contributed by atoms with Crippen LogP contribution in [0.2, 0.25) is 0 Å². The van der Waals surface area contributed by atoms with Crippen LogP contribution in [0.3, 0.4) is 0 Å². The summed E-state index contributed by atoms with van der Waals surface area (Å²) in [7, 11) is 1.79. The maximum absolute atomic E-state index is 12.0. The average Bonchev–Trinajstić information content (AvgIpc) is 3.10. The number of carbonyl (C=O) groups excluding carboxylic acids is 1. The van der Waals surface area contributed by atoms with Crippen LogP contribution in [0.25, 0.3) is 0 Å². The maximum atomic E-state index is 12.0. The highest BCUT2D eigenvalue weighted by Gasteiger charge is 2.21. The van der Waals surface area contributed by atoms with Gasteiger partial charge in [0.2, 0.25) is 5.95 Å². The number of carbonyl (C=O) groups is 1. The van der Waals surface area contributed by atoms with Gasteiger partial charge in [-0.1, -0.05) is 0 Å². The van der Waals surface area contributed by atoms with Gasteiger partial charge in [0.25, 0.3) is 5.91 Å². The van der Waals surface area contributed by atoms with Crippen molar-refractivity contribution >= 4 is 23.2 Å². The third kappa shape index (κ3) is 2.70. The van der Waals surface area contributed by atoms with Gasteiger partial charge < -0.3 is 5.32 Å². The Hall–Kier alpha value is -1.80. The second-order valence-corrected chi connectivity index (χ2v) is 5.49. The summed E-state index contributed by atoms with van der Waals surface area (Å²) >= 11 is 1.39. The Kier molecular flexibility index (Phi) is 3.75. The molecular weight excluding hydrogens is 276 g/mol. The summed E-state index contributed by atoms with van der Waals surface area (Å²) in [5.41, 5.74) is 2.04. The minimum Gasteiger partial charge on any atom is -0.317 e. The Morgan fingerprint density at radius 2 is 2.30 bits per heavy atom. The number of rotatable bonds is 3. The molecule has 1 aliphatic heterocycles. The molecular formula is C12H16N6OS. The van der Waals surface area contributed by atoms with Crippen molar-refractivity contribution in [2.24, 2.45) is 7.05 Å². The number of amides is 1. The van der Waals surface area contributed by atoms with Gasteiger partial charge in [-0.2, -0.15) is 10.1 Å². The molecule has 2 aromatic heterocycles. The molecule has 1 aliphatic rings. The molecule has 106 valence electrons. The zero-order valence-corrected chi connectivity index (χ0v) is 12.0. The van der Waals surface area contributed by atoms with Crippen molar-refractivity contribution in [1.29, 1.82) is 0 Å². The molecule has 0 aromatic carbocycles. The zero-order chi connectivity index (χ0) is 13.9. The lowest BCUT2D eigenvalue weighted by atomic mass is 9.98. The molecule has 2 N–H and O–H groups in total. The number of aromatic nitrogens is 4. The fraction of sp³-hybridized carbons (Fsp3) is 0.500. The third-order valence-corrected chi connectivity index (χ3v) is 3.96. The number of hydrogen-bond acceptors (Lipinski definition) is 6. The molecule has 0 spiro atoms. The zero-order valence-electron chi connectivity index (χ0n) is 11.2. The standard InChI is InChI=1S/C12H16N6OS/c1-18-12(16-11(19)9-6-20-7-14-9)15-10(17-18)8-2-4-13-5-3-8/h6-8,13H,2-5H2,1H3,(H,15,16,17,19). The Morgan fingerprint density at radius 3 is 3.00 bits per heavy atom. The molecule has 0 atom stereocenters. The van der Waals surface area contributed by atoms with Crippen LogP contribution in [-0.4, -0.2) is 38.7 Å². The number of hydrogen-bond donors (Lipinski definition) is 2. The summed E-state index contributed by atoms with van der Waals surface area (Å²) in [6.07, 6.45) is 2.06. The van der Waals surface area contributed by atoms with Crippen LogP contribution in [0.4, 0.5) is 5.95 Å². The van der Waals surface area contributed by atoms with E-state index in [1.165, 1.54) is 11.3 Å². The smallest absolute Gasteiger partial charge is 0.277 e. The molecule has 0 radical (unpaired) electrons. The molecule has 20 heavy (non-hydrogen) atoms. The molecule has 8 heteroatoms. The molecule has 1 saturated heterocycles. The molecule has 0 aliphatic carbocycles. The van der Waals surface area contributed by atoms with E-state index in [1.807, 2.05) is 0 Å². The summed E-state index contributed by atoms with van der Waals surface area (Å²) < 4.78 is 1.61. The fourth-order valence-corrected chi connectivity index (χ4v) is 2.79. The van der Waals surface area contributed by atoms with E-state index in [4.69, 9.17) is 0 Å². The molecule has 0 bridgehead atoms. The van der Waals surface area contributed by atoms with Gasteiger partial charge in [0.15, 0.2) is 5.82 Å². The van der Waals surface area contributed by atoms with E-state index < -0.39 is 0 Å². The van der Waals surface area contributed by atoms with E-state index >= 15 is 0 Å². The third-order valence-electron chi connectivity index (χ3n) is 3.37. The highest BCUT2D eigenvalue weighted by atomic mass is 32.1. The van der Waals surface area contributed by atoms with Crippen molar-refractivity contribution in [3.8, 4) is 0 Å². The maximum Gasteiger partial charge on any atom is 0.277 e. The van der Waals surface area contributed by atoms with E-state index in [-0.39, 0.29) is 5.91 Å². The fourth-order valence-electron chi connectivity index (χ4n) is 2.26. The van der Waals surface area contributed by atoms with Crippen molar-refractivity contribution in [2.75, 3.05) is 18.4 Å². The second-order valence-electron chi connectivity index (χ2n) is 4.77. The minimum atomic E-state index is -0.251. The van der Waals surface area contributed by atoms with Gasteiger partial charge in [-0.15, -0.1) is 11.3 Å². The Labute approximate surface area is 120 Å². The topological polar surface area (TPSA) is 84.7 Å². The van der Waals surface area contributed by atoms with Crippen molar-refractivity contribution in [3.63, 3.8) is 0 Å². The predicted octanol–water partition coefficient (Wildman–Crippen LogP) is 0.991. The van der Waals surface area contributed by atoms with Gasteiger partial charge in [0.05, 0.1) is 5.51 Å². The summed E-state index contributed by atoms with van der Waals surface area (Å²) in [6.45, 7) is 1.98. The predicted molar refractivity (Wildman–Crippen MR) is 75.9 cm³/mol. The first kappa shape index (κ1) is 13.2. The number of aryl methyl sites for hydroxylation is 1. The monoisotopic (exact) mass is 292 g/mol. The SMILES string of the molecule is Cn1nc(C2CCNCC2)nc1NC(=O)c1cscn1. The lowest BCUT2D eigenvalue weighted by Crippen LogP contribution is -2.27. The molecule has 3 heterocycles. The van der Waals surface area contributed by atoms with Crippen LogP contribution < -0.4 is 10.6 Å². The van der Waals surface area contributed by atoms with Crippen molar-refractivity contribution in [3.05, 3.63) is 22.4 Å². The molecule has 0 saturated carbocycles. The first-order valence-electron chi connectivity index (χ1n) is 6.55. The first-order chi connectivity index (χ1) is 9.74. The van der Waals surface area contributed by atoms with Gasteiger partial charge in [-0.25, -0.2) is 9.67 Å². The van der Waals surface area contributed by atoms with Gasteiger partial charge in [0, 0.05) is 18.3 Å². The summed E-state index contributed by atoms with van der Waals surface area (Å²) in [4.78, 5) is 20.4. The Bertz CT molecular complexity index is 587. The number of nitrogens with zero attached hydrogens (tertiary/aromatic N) is 4. The normalized spacial score (nSPS) is 16.2. The summed E-state index contributed by atoms with van der Waals surface area (Å²) in [5.74, 6) is 1.39. The van der Waals surface area contributed by atoms with Crippen LogP contribution in [0.5, 0.6) is 0 Å². The van der Waals surface area contributed by atoms with E-state index in [9.17, 15) is 4.79 Å². The van der Waals surface area contributed by atoms with Crippen LogP contribution in [0, 0.1) is 0 Å². The van der Waals surface area contributed by atoms with Crippen LogP contribution in [0.1, 0.15) is 35.1 Å². The van der Waals surface area contributed by atoms with E-state index in [0.29, 0.717) is 17.6 Å². The van der Waals surface area contributed by atoms with Gasteiger partial charge in [0.1, 0.15) is 5.69 Å². The Morgan fingerprint density at radius 1 is 1.50 bits per heavy atom. The largest absolute Gasteiger partial charge is 0.317 e. The number of anilines is 1. The van der Waals surface area contributed by atoms with E-state index in [0.717, 1.165) is 31.8 Å². The minimum absolute atomic E-state index is 0.251. The molecule has 1 amide bonds. The highest BCUT2D eigenvalue weighted by molar-refractivity contribution is 7.07. The first-order valence-corrected chi connectivity index (χ1v) is 7.49. The van der Waals surface area contributed by atoms with Crippen molar-refractivity contribution in [2.45, 2.75) is 18.8 Å². The summed E-state index contributed by atoms with van der Waals surface area (Å²) in [6, 6.07) is 0. The molecule has 0 unspecified atom stereocenters. The molecule has 7 nitrogen and oxygen atoms in total. The molecule has 1 fully saturated rings. The highest BCUT2D eigenvalue weighted by Crippen LogP contribution is 2.23. The number of piperidine rings is 1. The van der Waals surface area contributed by atoms with Gasteiger partial charge in [-0.05, 0) is 25.9 Å². The van der Waals surface area contributed by atoms with Crippen molar-refractivity contribution < 1.29 is 4.79 Å². The second kappa shape index (κ2) is 5.68.